The van der Waals surface area contributed by atoms with Crippen molar-refractivity contribution in [3.05, 3.63) is 59.7 Å². The van der Waals surface area contributed by atoms with E-state index in [4.69, 9.17) is 14.2 Å². The smallest absolute Gasteiger partial charge is 0.119 e. The van der Waals surface area contributed by atoms with E-state index in [2.05, 4.69) is 36.4 Å². The molecule has 0 bridgehead atoms. The van der Waals surface area contributed by atoms with Crippen molar-refractivity contribution in [1.82, 2.24) is 0 Å². The summed E-state index contributed by atoms with van der Waals surface area (Å²) in [6.45, 7) is 1.77. The minimum absolute atomic E-state index is 0.883. The number of ether oxygens (including phenoxy) is 3. The van der Waals surface area contributed by atoms with Crippen LogP contribution >= 0.6 is 0 Å². The Kier molecular flexibility index (Phi) is 10.4. The van der Waals surface area contributed by atoms with Crippen molar-refractivity contribution in [2.24, 2.45) is 0 Å². The SMILES string of the molecule is COc1cccc(CCCCCOCCCCCc2cccc(OC)c2)c1. The average Bonchev–Trinajstić information content (AvgIpc) is 2.72. The van der Waals surface area contributed by atoms with E-state index in [9.17, 15) is 0 Å². The molecule has 0 aliphatic carbocycles. The molecule has 27 heavy (non-hydrogen) atoms. The Bertz CT molecular complexity index is 584. The van der Waals surface area contributed by atoms with Gasteiger partial charge in [0, 0.05) is 13.2 Å². The molecular formula is C24H34O3. The molecule has 0 N–H and O–H groups in total. The molecule has 148 valence electrons. The second-order valence-electron chi connectivity index (χ2n) is 6.94. The molecule has 0 fully saturated rings. The first-order valence-corrected chi connectivity index (χ1v) is 10.2. The topological polar surface area (TPSA) is 27.7 Å². The summed E-state index contributed by atoms with van der Waals surface area (Å²) in [7, 11) is 3.44. The summed E-state index contributed by atoms with van der Waals surface area (Å²) < 4.78 is 16.3. The van der Waals surface area contributed by atoms with Crippen LogP contribution in [0.3, 0.4) is 0 Å². The summed E-state index contributed by atoms with van der Waals surface area (Å²) in [4.78, 5) is 0. The number of hydrogen-bond donors (Lipinski definition) is 0. The summed E-state index contributed by atoms with van der Waals surface area (Å²) in [5.41, 5.74) is 2.71. The van der Waals surface area contributed by atoms with Gasteiger partial charge in [-0.3, -0.25) is 0 Å². The molecule has 2 aromatic carbocycles. The molecule has 0 aliphatic rings. The van der Waals surface area contributed by atoms with Gasteiger partial charge in [0.05, 0.1) is 14.2 Å². The van der Waals surface area contributed by atoms with Gasteiger partial charge >= 0.3 is 0 Å². The molecule has 3 heteroatoms. The lowest BCUT2D eigenvalue weighted by molar-refractivity contribution is 0.126. The fourth-order valence-electron chi connectivity index (χ4n) is 3.18. The molecule has 0 radical (unpaired) electrons. The maximum absolute atomic E-state index is 5.77. The molecule has 2 aromatic rings. The van der Waals surface area contributed by atoms with Gasteiger partial charge in [-0.25, -0.2) is 0 Å². The molecule has 0 amide bonds. The molecule has 0 spiro atoms. The lowest BCUT2D eigenvalue weighted by Crippen LogP contribution is -1.98. The van der Waals surface area contributed by atoms with Gasteiger partial charge in [0.1, 0.15) is 11.5 Å². The Morgan fingerprint density at radius 3 is 1.52 bits per heavy atom. The van der Waals surface area contributed by atoms with Crippen LogP contribution in [0.5, 0.6) is 11.5 Å². The predicted molar refractivity (Wildman–Crippen MR) is 112 cm³/mol. The highest BCUT2D eigenvalue weighted by atomic mass is 16.5. The molecule has 0 aliphatic heterocycles. The van der Waals surface area contributed by atoms with Crippen LogP contribution < -0.4 is 9.47 Å². The minimum atomic E-state index is 0.883. The summed E-state index contributed by atoms with van der Waals surface area (Å²) in [6.07, 6.45) is 9.36. The summed E-state index contributed by atoms with van der Waals surface area (Å²) >= 11 is 0. The van der Waals surface area contributed by atoms with Crippen molar-refractivity contribution in [3.8, 4) is 11.5 Å². The van der Waals surface area contributed by atoms with E-state index in [0.717, 1.165) is 50.4 Å². The third kappa shape index (κ3) is 8.96. The first-order valence-electron chi connectivity index (χ1n) is 10.2. The fraction of sp³-hybridized carbons (Fsp3) is 0.500. The molecular weight excluding hydrogens is 336 g/mol. The van der Waals surface area contributed by atoms with Crippen LogP contribution in [0.2, 0.25) is 0 Å². The van der Waals surface area contributed by atoms with Crippen molar-refractivity contribution in [1.29, 1.82) is 0 Å². The van der Waals surface area contributed by atoms with Gasteiger partial charge in [0.15, 0.2) is 0 Å². The molecule has 3 nitrogen and oxygen atoms in total. The Morgan fingerprint density at radius 1 is 0.593 bits per heavy atom. The quantitative estimate of drug-likeness (QED) is 0.391. The molecule has 2 rings (SSSR count). The number of unbranched alkanes of at least 4 members (excludes halogenated alkanes) is 4. The van der Waals surface area contributed by atoms with E-state index in [1.165, 1.54) is 36.8 Å². The minimum Gasteiger partial charge on any atom is -0.497 e. The Hall–Kier alpha value is -2.00. The van der Waals surface area contributed by atoms with Crippen molar-refractivity contribution in [2.45, 2.75) is 51.4 Å². The summed E-state index contributed by atoms with van der Waals surface area (Å²) in [5, 5.41) is 0. The van der Waals surface area contributed by atoms with Crippen LogP contribution in [0.15, 0.2) is 48.5 Å². The second-order valence-corrected chi connectivity index (χ2v) is 6.94. The van der Waals surface area contributed by atoms with Crippen molar-refractivity contribution < 1.29 is 14.2 Å². The molecule has 0 heterocycles. The van der Waals surface area contributed by atoms with Crippen LogP contribution in [0.25, 0.3) is 0 Å². The van der Waals surface area contributed by atoms with E-state index < -0.39 is 0 Å². The van der Waals surface area contributed by atoms with Crippen LogP contribution in [-0.2, 0) is 17.6 Å². The van der Waals surface area contributed by atoms with Gasteiger partial charge in [0.25, 0.3) is 0 Å². The van der Waals surface area contributed by atoms with Gasteiger partial charge in [-0.15, -0.1) is 0 Å². The third-order valence-corrected chi connectivity index (χ3v) is 4.78. The first kappa shape index (κ1) is 21.3. The zero-order valence-corrected chi connectivity index (χ0v) is 16.9. The molecule has 0 saturated heterocycles. The lowest BCUT2D eigenvalue weighted by Gasteiger charge is -2.06. The fourth-order valence-corrected chi connectivity index (χ4v) is 3.18. The van der Waals surface area contributed by atoms with Gasteiger partial charge in [-0.05, 0) is 73.9 Å². The molecule has 0 aromatic heterocycles. The van der Waals surface area contributed by atoms with E-state index in [0.29, 0.717) is 0 Å². The normalized spacial score (nSPS) is 10.7. The van der Waals surface area contributed by atoms with Crippen molar-refractivity contribution >= 4 is 0 Å². The van der Waals surface area contributed by atoms with E-state index in [1.54, 1.807) is 14.2 Å². The maximum Gasteiger partial charge on any atom is 0.119 e. The Labute approximate surface area is 164 Å². The third-order valence-electron chi connectivity index (χ3n) is 4.78. The van der Waals surface area contributed by atoms with Crippen LogP contribution in [0.1, 0.15) is 49.7 Å². The second kappa shape index (κ2) is 13.2. The Balaban J connectivity index is 1.41. The summed E-state index contributed by atoms with van der Waals surface area (Å²) in [6, 6.07) is 16.7. The number of aryl methyl sites for hydroxylation is 2. The van der Waals surface area contributed by atoms with E-state index in [1.807, 2.05) is 12.1 Å². The van der Waals surface area contributed by atoms with Gasteiger partial charge < -0.3 is 14.2 Å². The highest BCUT2D eigenvalue weighted by molar-refractivity contribution is 5.29. The maximum atomic E-state index is 5.77. The van der Waals surface area contributed by atoms with Gasteiger partial charge in [0.2, 0.25) is 0 Å². The largest absolute Gasteiger partial charge is 0.497 e. The summed E-state index contributed by atoms with van der Waals surface area (Å²) in [5.74, 6) is 1.89. The lowest BCUT2D eigenvalue weighted by atomic mass is 10.1. The number of methoxy groups -OCH3 is 2. The zero-order valence-electron chi connectivity index (χ0n) is 16.9. The standard InChI is InChI=1S/C24H34O3/c1-25-23-15-9-13-21(19-23)11-5-3-7-17-27-18-8-4-6-12-22-14-10-16-24(20-22)26-2/h9-10,13-16,19-20H,3-8,11-12,17-18H2,1-2H3. The Morgan fingerprint density at radius 2 is 1.07 bits per heavy atom. The molecule has 0 unspecified atom stereocenters. The predicted octanol–water partition coefficient (Wildman–Crippen LogP) is 5.85. The number of benzene rings is 2. The van der Waals surface area contributed by atoms with Gasteiger partial charge in [-0.2, -0.15) is 0 Å². The average molecular weight is 371 g/mol. The zero-order chi connectivity index (χ0) is 19.2. The van der Waals surface area contributed by atoms with Crippen molar-refractivity contribution in [2.75, 3.05) is 27.4 Å². The number of hydrogen-bond acceptors (Lipinski definition) is 3. The number of rotatable bonds is 14. The van der Waals surface area contributed by atoms with E-state index >= 15 is 0 Å². The monoisotopic (exact) mass is 370 g/mol. The first-order chi connectivity index (χ1) is 13.3. The van der Waals surface area contributed by atoms with Crippen LogP contribution in [0, 0.1) is 0 Å². The van der Waals surface area contributed by atoms with Crippen LogP contribution in [0.4, 0.5) is 0 Å². The van der Waals surface area contributed by atoms with Gasteiger partial charge in [-0.1, -0.05) is 37.1 Å². The van der Waals surface area contributed by atoms with E-state index in [-0.39, 0.29) is 0 Å². The molecule has 0 atom stereocenters. The highest BCUT2D eigenvalue weighted by Gasteiger charge is 1.98. The highest BCUT2D eigenvalue weighted by Crippen LogP contribution is 2.16. The van der Waals surface area contributed by atoms with Crippen molar-refractivity contribution in [3.63, 3.8) is 0 Å². The molecule has 0 saturated carbocycles. The van der Waals surface area contributed by atoms with Crippen LogP contribution in [-0.4, -0.2) is 27.4 Å².